The molecule has 242 valence electrons. The van der Waals surface area contributed by atoms with Gasteiger partial charge in [-0.05, 0) is 61.7 Å². The van der Waals surface area contributed by atoms with Gasteiger partial charge in [0.2, 0.25) is 11.8 Å². The Bertz CT molecular complexity index is 1610. The summed E-state index contributed by atoms with van der Waals surface area (Å²) in [6.45, 7) is 1.34. The van der Waals surface area contributed by atoms with Crippen molar-refractivity contribution in [1.29, 1.82) is 0 Å². The van der Waals surface area contributed by atoms with Crippen molar-refractivity contribution in [2.75, 3.05) is 6.61 Å². The van der Waals surface area contributed by atoms with Crippen LogP contribution in [0.25, 0.3) is 5.65 Å². The number of carbonyl (C=O) groups is 3. The minimum absolute atomic E-state index is 0.0177. The van der Waals surface area contributed by atoms with Crippen LogP contribution in [0.15, 0.2) is 23.1 Å². The topological polar surface area (TPSA) is 154 Å². The SMILES string of the molecule is CCOC(=O)[C@]1(Cc2cnn3cc([C@@H](NC(=O)c4nonc4C4CC4)C4CCC(F)(F)CC4)nc3c2)C[C@@H](C(F)(F)F)NC1=O. The fourth-order valence-corrected chi connectivity index (χ4v) is 6.20. The van der Waals surface area contributed by atoms with Crippen molar-refractivity contribution in [3.05, 3.63) is 41.1 Å². The molecule has 3 aliphatic rings. The van der Waals surface area contributed by atoms with Gasteiger partial charge >= 0.3 is 12.1 Å². The van der Waals surface area contributed by atoms with Crippen molar-refractivity contribution in [3.8, 4) is 0 Å². The number of esters is 1. The van der Waals surface area contributed by atoms with Crippen LogP contribution in [-0.2, 0) is 20.7 Å². The third-order valence-electron chi connectivity index (χ3n) is 8.79. The number of nitrogens with one attached hydrogen (secondary N) is 2. The number of aromatic nitrogens is 5. The number of amides is 2. The standard InChI is InChI=1S/C28H30F5N7O5/c1-2-44-25(43)26(11-18(28(31,32)33)36-24(26)42)10-14-9-19-35-17(13-40(19)34-12-14)20(16-5-7-27(29,30)8-6-16)37-23(41)22-21(15-3-4-15)38-45-39-22/h9,12-13,15-16,18,20H,2-8,10-11H2,1H3,(H,36,42)(H,37,41)/t18-,20-,26+/m0/s1. The smallest absolute Gasteiger partial charge is 0.408 e. The molecule has 3 fully saturated rings. The van der Waals surface area contributed by atoms with Crippen LogP contribution in [0.2, 0.25) is 0 Å². The van der Waals surface area contributed by atoms with E-state index in [4.69, 9.17) is 9.37 Å². The first-order valence-corrected chi connectivity index (χ1v) is 14.7. The fourth-order valence-electron chi connectivity index (χ4n) is 6.20. The van der Waals surface area contributed by atoms with Crippen LogP contribution >= 0.6 is 0 Å². The maximum atomic E-state index is 14.0. The van der Waals surface area contributed by atoms with E-state index in [9.17, 15) is 36.3 Å². The van der Waals surface area contributed by atoms with Gasteiger partial charge in [0.1, 0.15) is 11.7 Å². The maximum Gasteiger partial charge on any atom is 0.408 e. The minimum atomic E-state index is -4.77. The van der Waals surface area contributed by atoms with Crippen LogP contribution in [0.3, 0.4) is 0 Å². The van der Waals surface area contributed by atoms with Crippen LogP contribution < -0.4 is 10.6 Å². The number of hydrogen-bond acceptors (Lipinski definition) is 9. The molecular formula is C28H30F5N7O5. The average Bonchev–Trinajstić information content (AvgIpc) is 3.38. The van der Waals surface area contributed by atoms with Gasteiger partial charge in [0.05, 0.1) is 30.7 Å². The van der Waals surface area contributed by atoms with E-state index in [0.717, 1.165) is 12.8 Å². The predicted octanol–water partition coefficient (Wildman–Crippen LogP) is 3.83. The number of fused-ring (bicyclic) bond motifs is 1. The van der Waals surface area contributed by atoms with Gasteiger partial charge in [0.25, 0.3) is 5.91 Å². The summed E-state index contributed by atoms with van der Waals surface area (Å²) in [5, 5.41) is 16.6. The molecule has 3 aromatic heterocycles. The molecule has 2 N–H and O–H groups in total. The molecule has 2 amide bonds. The molecule has 17 heteroatoms. The molecule has 6 rings (SSSR count). The summed E-state index contributed by atoms with van der Waals surface area (Å²) in [5.41, 5.74) is -0.935. The highest BCUT2D eigenvalue weighted by Crippen LogP contribution is 2.44. The number of ether oxygens (including phenoxy) is 1. The number of hydrogen-bond donors (Lipinski definition) is 2. The summed E-state index contributed by atoms with van der Waals surface area (Å²) in [4.78, 5) is 43.7. The van der Waals surface area contributed by atoms with Crippen molar-refractivity contribution in [1.82, 2.24) is 35.5 Å². The Morgan fingerprint density at radius 2 is 1.93 bits per heavy atom. The number of rotatable bonds is 9. The summed E-state index contributed by atoms with van der Waals surface area (Å²) < 4.78 is 79.8. The highest BCUT2D eigenvalue weighted by Gasteiger charge is 2.60. The van der Waals surface area contributed by atoms with E-state index >= 15 is 0 Å². The first-order valence-electron chi connectivity index (χ1n) is 14.7. The highest BCUT2D eigenvalue weighted by molar-refractivity contribution is 6.05. The lowest BCUT2D eigenvalue weighted by molar-refractivity contribution is -0.161. The summed E-state index contributed by atoms with van der Waals surface area (Å²) in [6.07, 6.45) is -2.08. The van der Waals surface area contributed by atoms with Gasteiger partial charge in [-0.1, -0.05) is 5.16 Å². The normalized spacial score (nSPS) is 24.4. The molecule has 3 aromatic rings. The van der Waals surface area contributed by atoms with Crippen LogP contribution in [0.4, 0.5) is 22.0 Å². The fraction of sp³-hybridized carbons (Fsp3) is 0.607. The van der Waals surface area contributed by atoms with Crippen molar-refractivity contribution >= 4 is 23.4 Å². The van der Waals surface area contributed by atoms with Crippen molar-refractivity contribution in [3.63, 3.8) is 0 Å². The highest BCUT2D eigenvalue weighted by atomic mass is 19.4. The van der Waals surface area contributed by atoms with Gasteiger partial charge in [-0.3, -0.25) is 14.4 Å². The predicted molar refractivity (Wildman–Crippen MR) is 142 cm³/mol. The lowest BCUT2D eigenvalue weighted by Crippen LogP contribution is -2.42. The second-order valence-electron chi connectivity index (χ2n) is 12.0. The van der Waals surface area contributed by atoms with E-state index in [-0.39, 0.29) is 55.1 Å². The van der Waals surface area contributed by atoms with Gasteiger partial charge in [-0.2, -0.15) is 18.3 Å². The van der Waals surface area contributed by atoms with Crippen LogP contribution in [0.1, 0.15) is 91.3 Å². The molecule has 1 saturated heterocycles. The number of nitrogens with zero attached hydrogens (tertiary/aromatic N) is 5. The Balaban J connectivity index is 1.30. The van der Waals surface area contributed by atoms with Crippen molar-refractivity contribution < 1.29 is 45.7 Å². The summed E-state index contributed by atoms with van der Waals surface area (Å²) in [6, 6.07) is -1.58. The van der Waals surface area contributed by atoms with Gasteiger partial charge in [0.15, 0.2) is 16.8 Å². The molecule has 0 spiro atoms. The summed E-state index contributed by atoms with van der Waals surface area (Å²) >= 11 is 0. The van der Waals surface area contributed by atoms with E-state index in [0.29, 0.717) is 11.4 Å². The van der Waals surface area contributed by atoms with E-state index in [2.05, 4.69) is 25.7 Å². The molecule has 2 saturated carbocycles. The van der Waals surface area contributed by atoms with E-state index in [1.807, 2.05) is 5.32 Å². The number of halogens is 5. The molecule has 0 radical (unpaired) electrons. The quantitative estimate of drug-likeness (QED) is 0.202. The van der Waals surface area contributed by atoms with Gasteiger partial charge in [0, 0.05) is 25.2 Å². The molecule has 0 bridgehead atoms. The molecule has 1 aliphatic heterocycles. The number of imidazole rings is 1. The van der Waals surface area contributed by atoms with Crippen molar-refractivity contribution in [2.24, 2.45) is 11.3 Å². The molecule has 3 atom stereocenters. The van der Waals surface area contributed by atoms with Gasteiger partial charge in [-0.25, -0.2) is 22.9 Å². The second-order valence-corrected chi connectivity index (χ2v) is 12.0. The monoisotopic (exact) mass is 639 g/mol. The Kier molecular flexibility index (Phi) is 7.75. The third-order valence-corrected chi connectivity index (χ3v) is 8.79. The zero-order valence-corrected chi connectivity index (χ0v) is 24.1. The molecule has 4 heterocycles. The Morgan fingerprint density at radius 1 is 1.20 bits per heavy atom. The minimum Gasteiger partial charge on any atom is -0.465 e. The van der Waals surface area contributed by atoms with Crippen LogP contribution in [0.5, 0.6) is 0 Å². The molecular weight excluding hydrogens is 609 g/mol. The van der Waals surface area contributed by atoms with E-state index < -0.39 is 66.1 Å². The Morgan fingerprint density at radius 3 is 2.58 bits per heavy atom. The lowest BCUT2D eigenvalue weighted by atomic mass is 9.79. The zero-order chi connectivity index (χ0) is 32.1. The summed E-state index contributed by atoms with van der Waals surface area (Å²) in [7, 11) is 0. The zero-order valence-electron chi connectivity index (χ0n) is 24.1. The summed E-state index contributed by atoms with van der Waals surface area (Å²) in [5.74, 6) is -5.93. The number of carbonyl (C=O) groups excluding carboxylic acids is 3. The Labute approximate surface area is 252 Å². The lowest BCUT2D eigenvalue weighted by Gasteiger charge is -2.33. The van der Waals surface area contributed by atoms with Gasteiger partial charge in [-0.15, -0.1) is 0 Å². The molecule has 0 unspecified atom stereocenters. The van der Waals surface area contributed by atoms with E-state index in [1.54, 1.807) is 0 Å². The molecule has 12 nitrogen and oxygen atoms in total. The van der Waals surface area contributed by atoms with Crippen molar-refractivity contribution in [2.45, 2.75) is 88.4 Å². The van der Waals surface area contributed by atoms with Gasteiger partial charge < -0.3 is 15.4 Å². The van der Waals surface area contributed by atoms with Crippen LogP contribution in [-0.4, -0.2) is 67.4 Å². The third kappa shape index (κ3) is 6.08. The largest absolute Gasteiger partial charge is 0.465 e. The van der Waals surface area contributed by atoms with Crippen LogP contribution in [0, 0.1) is 11.3 Å². The maximum absolute atomic E-state index is 14.0. The Hall–Kier alpha value is -4.18. The first-order chi connectivity index (χ1) is 21.3. The number of alkyl halides is 5. The second kappa shape index (κ2) is 11.3. The molecule has 0 aromatic carbocycles. The molecule has 45 heavy (non-hydrogen) atoms. The average molecular weight is 640 g/mol. The van der Waals surface area contributed by atoms with E-state index in [1.165, 1.54) is 29.9 Å². The first kappa shape index (κ1) is 30.8. The molecule has 2 aliphatic carbocycles.